The lowest BCUT2D eigenvalue weighted by atomic mass is 9.93. The molecular formula is C19H23N3O3. The summed E-state index contributed by atoms with van der Waals surface area (Å²) in [5, 5.41) is 7.21. The number of para-hydroxylation sites is 1. The van der Waals surface area contributed by atoms with Crippen LogP contribution < -0.4 is 4.74 Å². The van der Waals surface area contributed by atoms with E-state index in [0.717, 1.165) is 43.1 Å². The first-order valence-corrected chi connectivity index (χ1v) is 8.87. The van der Waals surface area contributed by atoms with Gasteiger partial charge in [-0.05, 0) is 25.8 Å². The van der Waals surface area contributed by atoms with Gasteiger partial charge in [0.05, 0.1) is 24.0 Å². The molecule has 1 aromatic carbocycles. The highest BCUT2D eigenvalue weighted by Gasteiger charge is 2.29. The maximum atomic E-state index is 13.2. The molecule has 3 heterocycles. The first-order chi connectivity index (χ1) is 12.2. The van der Waals surface area contributed by atoms with Gasteiger partial charge in [-0.3, -0.25) is 9.89 Å². The molecule has 1 atom stereocenters. The maximum Gasteiger partial charge on any atom is 0.257 e. The molecule has 1 saturated heterocycles. The van der Waals surface area contributed by atoms with Crippen LogP contribution in [0.15, 0.2) is 30.5 Å². The van der Waals surface area contributed by atoms with E-state index in [1.165, 1.54) is 0 Å². The van der Waals surface area contributed by atoms with Crippen molar-refractivity contribution in [3.63, 3.8) is 0 Å². The Hall–Kier alpha value is -2.34. The Balaban J connectivity index is 1.60. The third-order valence-electron chi connectivity index (χ3n) is 4.96. The summed E-state index contributed by atoms with van der Waals surface area (Å²) in [6, 6.07) is 7.92. The average molecular weight is 341 g/mol. The highest BCUT2D eigenvalue weighted by molar-refractivity contribution is 5.95. The standard InChI is InChI=1S/C19H23N3O3/c1-13-11-22(12-15-4-2-3-5-17(15)25-13)19(23)16-10-20-21-18(16)14-6-8-24-9-7-14/h2-5,10,13-14H,6-9,11-12H2,1H3,(H,20,21). The van der Waals surface area contributed by atoms with Gasteiger partial charge in [-0.1, -0.05) is 18.2 Å². The second-order valence-electron chi connectivity index (χ2n) is 6.81. The van der Waals surface area contributed by atoms with Crippen LogP contribution in [0, 0.1) is 0 Å². The number of aromatic nitrogens is 2. The van der Waals surface area contributed by atoms with Crippen molar-refractivity contribution >= 4 is 5.91 Å². The Kier molecular flexibility index (Phi) is 4.44. The summed E-state index contributed by atoms with van der Waals surface area (Å²) >= 11 is 0. The largest absolute Gasteiger partial charge is 0.489 e. The lowest BCUT2D eigenvalue weighted by molar-refractivity contribution is 0.0680. The fraction of sp³-hybridized carbons (Fsp3) is 0.474. The van der Waals surface area contributed by atoms with Crippen LogP contribution in [-0.4, -0.2) is 46.9 Å². The van der Waals surface area contributed by atoms with Gasteiger partial charge >= 0.3 is 0 Å². The number of amides is 1. The quantitative estimate of drug-likeness (QED) is 0.912. The van der Waals surface area contributed by atoms with Crippen molar-refractivity contribution in [1.29, 1.82) is 0 Å². The molecule has 0 spiro atoms. The number of hydrogen-bond acceptors (Lipinski definition) is 4. The van der Waals surface area contributed by atoms with E-state index < -0.39 is 0 Å². The van der Waals surface area contributed by atoms with Crippen LogP contribution in [0.4, 0.5) is 0 Å². The second-order valence-corrected chi connectivity index (χ2v) is 6.81. The van der Waals surface area contributed by atoms with Crippen LogP contribution >= 0.6 is 0 Å². The molecule has 0 saturated carbocycles. The van der Waals surface area contributed by atoms with Crippen molar-refractivity contribution in [2.45, 2.75) is 38.3 Å². The number of ether oxygens (including phenoxy) is 2. The van der Waals surface area contributed by atoms with Crippen molar-refractivity contribution in [3.05, 3.63) is 47.3 Å². The van der Waals surface area contributed by atoms with E-state index in [4.69, 9.17) is 9.47 Å². The summed E-state index contributed by atoms with van der Waals surface area (Å²) in [5.41, 5.74) is 2.66. The van der Waals surface area contributed by atoms with E-state index in [9.17, 15) is 4.79 Å². The average Bonchev–Trinajstić information content (AvgIpc) is 3.05. The van der Waals surface area contributed by atoms with Crippen LogP contribution in [0.5, 0.6) is 5.75 Å². The molecule has 1 amide bonds. The highest BCUT2D eigenvalue weighted by Crippen LogP contribution is 2.30. The number of carbonyl (C=O) groups is 1. The van der Waals surface area contributed by atoms with Crippen LogP contribution in [-0.2, 0) is 11.3 Å². The number of benzene rings is 1. The van der Waals surface area contributed by atoms with Crippen LogP contribution in [0.1, 0.15) is 47.3 Å². The minimum absolute atomic E-state index is 0.0161. The summed E-state index contributed by atoms with van der Waals surface area (Å²) in [5.74, 6) is 1.19. The normalized spacial score (nSPS) is 21.3. The van der Waals surface area contributed by atoms with Gasteiger partial charge in [0.15, 0.2) is 0 Å². The molecule has 6 nitrogen and oxygen atoms in total. The highest BCUT2D eigenvalue weighted by atomic mass is 16.5. The molecule has 132 valence electrons. The van der Waals surface area contributed by atoms with E-state index in [2.05, 4.69) is 10.2 Å². The van der Waals surface area contributed by atoms with Gasteiger partial charge in [-0.25, -0.2) is 0 Å². The Labute approximate surface area is 147 Å². The Morgan fingerprint density at radius 1 is 1.28 bits per heavy atom. The second kappa shape index (κ2) is 6.88. The van der Waals surface area contributed by atoms with Crippen LogP contribution in [0.3, 0.4) is 0 Å². The van der Waals surface area contributed by atoms with Gasteiger partial charge in [0.25, 0.3) is 5.91 Å². The Morgan fingerprint density at radius 2 is 2.08 bits per heavy atom. The SMILES string of the molecule is CC1CN(C(=O)c2cn[nH]c2C2CCOCC2)Cc2ccccc2O1. The van der Waals surface area contributed by atoms with Crippen molar-refractivity contribution < 1.29 is 14.3 Å². The Morgan fingerprint density at radius 3 is 2.92 bits per heavy atom. The number of nitrogens with one attached hydrogen (secondary N) is 1. The number of H-pyrrole nitrogens is 1. The number of fused-ring (bicyclic) bond motifs is 1. The van der Waals surface area contributed by atoms with E-state index in [0.29, 0.717) is 24.6 Å². The van der Waals surface area contributed by atoms with Crippen molar-refractivity contribution in [2.24, 2.45) is 0 Å². The van der Waals surface area contributed by atoms with Crippen LogP contribution in [0.2, 0.25) is 0 Å². The fourth-order valence-electron chi connectivity index (χ4n) is 3.67. The van der Waals surface area contributed by atoms with Gasteiger partial charge in [0, 0.05) is 31.2 Å². The zero-order chi connectivity index (χ0) is 17.2. The summed E-state index contributed by atoms with van der Waals surface area (Å²) in [6.07, 6.45) is 3.46. The van der Waals surface area contributed by atoms with Gasteiger partial charge in [-0.2, -0.15) is 5.10 Å². The summed E-state index contributed by atoms with van der Waals surface area (Å²) in [7, 11) is 0. The molecule has 0 bridgehead atoms. The third kappa shape index (κ3) is 3.26. The first kappa shape index (κ1) is 16.1. The van der Waals surface area contributed by atoms with Crippen molar-refractivity contribution in [3.8, 4) is 5.75 Å². The monoisotopic (exact) mass is 341 g/mol. The fourth-order valence-corrected chi connectivity index (χ4v) is 3.67. The smallest absolute Gasteiger partial charge is 0.257 e. The zero-order valence-electron chi connectivity index (χ0n) is 14.4. The van der Waals surface area contributed by atoms with E-state index in [1.807, 2.05) is 36.1 Å². The van der Waals surface area contributed by atoms with E-state index in [1.54, 1.807) is 6.20 Å². The molecule has 1 fully saturated rings. The number of nitrogens with zero attached hydrogens (tertiary/aromatic N) is 2. The number of carbonyl (C=O) groups excluding carboxylic acids is 1. The van der Waals surface area contributed by atoms with Gasteiger partial charge in [0.1, 0.15) is 11.9 Å². The minimum Gasteiger partial charge on any atom is -0.489 e. The minimum atomic E-state index is -0.0500. The molecule has 1 unspecified atom stereocenters. The molecule has 25 heavy (non-hydrogen) atoms. The summed E-state index contributed by atoms with van der Waals surface area (Å²) < 4.78 is 11.4. The van der Waals surface area contributed by atoms with Gasteiger partial charge in [-0.15, -0.1) is 0 Å². The number of hydrogen-bond donors (Lipinski definition) is 1. The molecular weight excluding hydrogens is 318 g/mol. The molecule has 2 aromatic rings. The van der Waals surface area contributed by atoms with Crippen molar-refractivity contribution in [1.82, 2.24) is 15.1 Å². The summed E-state index contributed by atoms with van der Waals surface area (Å²) in [6.45, 7) is 4.58. The zero-order valence-corrected chi connectivity index (χ0v) is 14.4. The summed E-state index contributed by atoms with van der Waals surface area (Å²) in [4.78, 5) is 15.1. The van der Waals surface area contributed by atoms with Crippen molar-refractivity contribution in [2.75, 3.05) is 19.8 Å². The number of rotatable bonds is 2. The topological polar surface area (TPSA) is 67.5 Å². The molecule has 2 aliphatic heterocycles. The molecule has 2 aliphatic rings. The maximum absolute atomic E-state index is 13.2. The van der Waals surface area contributed by atoms with Gasteiger partial charge < -0.3 is 14.4 Å². The van der Waals surface area contributed by atoms with Gasteiger partial charge in [0.2, 0.25) is 0 Å². The third-order valence-corrected chi connectivity index (χ3v) is 4.96. The lowest BCUT2D eigenvalue weighted by Gasteiger charge is -2.25. The predicted octanol–water partition coefficient (Wildman–Crippen LogP) is 2.73. The molecule has 0 radical (unpaired) electrons. The molecule has 4 rings (SSSR count). The van der Waals surface area contributed by atoms with Crippen LogP contribution in [0.25, 0.3) is 0 Å². The predicted molar refractivity (Wildman–Crippen MR) is 92.7 cm³/mol. The molecule has 0 aliphatic carbocycles. The Bertz CT molecular complexity index is 752. The number of aromatic amines is 1. The molecule has 1 N–H and O–H groups in total. The molecule has 6 heteroatoms. The van der Waals surface area contributed by atoms with E-state index >= 15 is 0 Å². The first-order valence-electron chi connectivity index (χ1n) is 8.87. The lowest BCUT2D eigenvalue weighted by Crippen LogP contribution is -2.36. The van der Waals surface area contributed by atoms with E-state index in [-0.39, 0.29) is 12.0 Å². The molecule has 1 aromatic heterocycles.